The first-order valence-corrected chi connectivity index (χ1v) is 14.3. The molecule has 1 atom stereocenters. The smallest absolute Gasteiger partial charge is 0.326 e. The molecule has 7 nitrogen and oxygen atoms in total. The van der Waals surface area contributed by atoms with Crippen LogP contribution in [0.4, 0.5) is 11.4 Å². The summed E-state index contributed by atoms with van der Waals surface area (Å²) in [5.74, 6) is -0.672. The topological polar surface area (TPSA) is 95.9 Å². The Labute approximate surface area is 256 Å². The number of anilines is 2. The van der Waals surface area contributed by atoms with Crippen LogP contribution in [0.2, 0.25) is 5.02 Å². The van der Waals surface area contributed by atoms with E-state index < -0.39 is 12.0 Å². The maximum atomic E-state index is 13.1. The minimum Gasteiger partial charge on any atom is -0.492 e. The van der Waals surface area contributed by atoms with E-state index in [1.807, 2.05) is 6.07 Å². The molecule has 0 aliphatic rings. The van der Waals surface area contributed by atoms with E-state index in [0.29, 0.717) is 47.0 Å². The van der Waals surface area contributed by atoms with Crippen LogP contribution < -0.4 is 15.0 Å². The molecule has 0 aliphatic carbocycles. The van der Waals surface area contributed by atoms with Crippen molar-refractivity contribution in [2.45, 2.75) is 25.3 Å². The number of nitrogens with zero attached hydrogens (tertiary/aromatic N) is 1. The van der Waals surface area contributed by atoms with E-state index >= 15 is 0 Å². The van der Waals surface area contributed by atoms with Gasteiger partial charge in [-0.25, -0.2) is 4.79 Å². The van der Waals surface area contributed by atoms with Crippen LogP contribution in [-0.4, -0.2) is 42.0 Å². The summed E-state index contributed by atoms with van der Waals surface area (Å²) in [7, 11) is 0. The predicted octanol–water partition coefficient (Wildman–Crippen LogP) is 7.06. The Morgan fingerprint density at radius 2 is 1.58 bits per heavy atom. The number of allylic oxidation sites excluding steroid dienone is 1. The van der Waals surface area contributed by atoms with Gasteiger partial charge in [-0.15, -0.1) is 6.58 Å². The normalized spacial score (nSPS) is 11.3. The van der Waals surface area contributed by atoms with Crippen LogP contribution in [-0.2, 0) is 16.0 Å². The number of carbonyl (C=O) groups is 3. The number of nitrogens with one attached hydrogen (secondary N) is 1. The summed E-state index contributed by atoms with van der Waals surface area (Å²) in [5, 5.41) is 13.6. The third-order valence-electron chi connectivity index (χ3n) is 6.78. The lowest BCUT2D eigenvalue weighted by Gasteiger charge is -2.23. The van der Waals surface area contributed by atoms with Crippen LogP contribution in [0.3, 0.4) is 0 Å². The zero-order valence-electron chi connectivity index (χ0n) is 23.6. The van der Waals surface area contributed by atoms with Crippen molar-refractivity contribution in [1.82, 2.24) is 0 Å². The summed E-state index contributed by atoms with van der Waals surface area (Å²) < 4.78 is 5.91. The monoisotopic (exact) mass is 596 g/mol. The fourth-order valence-corrected chi connectivity index (χ4v) is 4.66. The number of carbonyl (C=O) groups excluding carboxylic acids is 2. The second-order valence-corrected chi connectivity index (χ2v) is 10.3. The van der Waals surface area contributed by atoms with Crippen LogP contribution in [0.5, 0.6) is 5.75 Å². The van der Waals surface area contributed by atoms with Gasteiger partial charge >= 0.3 is 5.97 Å². The van der Waals surface area contributed by atoms with Crippen LogP contribution >= 0.6 is 11.6 Å². The molecule has 4 aromatic carbocycles. The summed E-state index contributed by atoms with van der Waals surface area (Å²) in [6, 6.07) is 29.0. The molecule has 220 valence electrons. The first-order valence-electron chi connectivity index (χ1n) is 13.9. The van der Waals surface area contributed by atoms with Crippen molar-refractivity contribution in [3.63, 3.8) is 0 Å². The van der Waals surface area contributed by atoms with Gasteiger partial charge < -0.3 is 20.1 Å². The van der Waals surface area contributed by atoms with Crippen molar-refractivity contribution < 1.29 is 24.2 Å². The second-order valence-electron chi connectivity index (χ2n) is 9.82. The largest absolute Gasteiger partial charge is 0.492 e. The van der Waals surface area contributed by atoms with Gasteiger partial charge in [0.1, 0.15) is 18.4 Å². The lowest BCUT2D eigenvalue weighted by atomic mass is 10.00. The van der Waals surface area contributed by atoms with E-state index in [1.54, 1.807) is 108 Å². The van der Waals surface area contributed by atoms with Crippen LogP contribution in [0.1, 0.15) is 34.3 Å². The highest BCUT2D eigenvalue weighted by molar-refractivity contribution is 6.30. The highest BCUT2D eigenvalue weighted by Crippen LogP contribution is 2.23. The molecular weight excluding hydrogens is 564 g/mol. The van der Waals surface area contributed by atoms with E-state index in [-0.39, 0.29) is 24.7 Å². The highest BCUT2D eigenvalue weighted by atomic mass is 35.5. The Bertz CT molecular complexity index is 1540. The highest BCUT2D eigenvalue weighted by Gasteiger charge is 2.21. The van der Waals surface area contributed by atoms with Crippen LogP contribution in [0.15, 0.2) is 116 Å². The summed E-state index contributed by atoms with van der Waals surface area (Å²) in [5.41, 5.74) is 2.89. The van der Waals surface area contributed by atoms with Gasteiger partial charge in [0, 0.05) is 40.4 Å². The lowest BCUT2D eigenvalue weighted by Crippen LogP contribution is -2.34. The molecular formula is C35H33ClN2O5. The molecule has 0 saturated heterocycles. The Morgan fingerprint density at radius 1 is 0.907 bits per heavy atom. The molecule has 1 unspecified atom stereocenters. The van der Waals surface area contributed by atoms with Gasteiger partial charge in [-0.3, -0.25) is 9.59 Å². The fraction of sp³-hybridized carbons (Fsp3) is 0.171. The number of halogens is 1. The summed E-state index contributed by atoms with van der Waals surface area (Å²) in [6.45, 7) is 4.29. The van der Waals surface area contributed by atoms with Gasteiger partial charge in [0.15, 0.2) is 5.78 Å². The first kappa shape index (κ1) is 31.1. The Balaban J connectivity index is 1.38. The SMILES string of the molecule is C=CCCC(=O)N(CCOc1ccc(CC(Nc2ccccc2C(=O)c2ccccc2)C(=O)O)cc1)c1ccc(Cl)cc1. The molecule has 8 heteroatoms. The standard InChI is InChI=1S/C35H33ClN2O5/c1-2-3-13-33(39)38(28-18-16-27(36)17-19-28)22-23-43-29-20-14-25(15-21-29)24-32(35(41)42)37-31-12-8-7-11-30(31)34(40)26-9-5-4-6-10-26/h2,4-12,14-21,32,37H,1,3,13,22-24H2,(H,41,42). The van der Waals surface area contributed by atoms with Crippen molar-refractivity contribution >= 4 is 40.6 Å². The van der Waals surface area contributed by atoms with E-state index in [2.05, 4.69) is 11.9 Å². The number of benzene rings is 4. The van der Waals surface area contributed by atoms with Gasteiger partial charge in [0.05, 0.1) is 6.54 Å². The molecule has 1 amide bonds. The fourth-order valence-electron chi connectivity index (χ4n) is 4.53. The maximum absolute atomic E-state index is 13.1. The molecule has 0 heterocycles. The van der Waals surface area contributed by atoms with Gasteiger partial charge in [-0.2, -0.15) is 0 Å². The maximum Gasteiger partial charge on any atom is 0.326 e. The number of hydrogen-bond acceptors (Lipinski definition) is 5. The number of aliphatic carboxylic acids is 1. The molecule has 0 bridgehead atoms. The number of carboxylic acid groups (broad SMARTS) is 1. The average molecular weight is 597 g/mol. The van der Waals surface area contributed by atoms with E-state index in [1.165, 1.54) is 0 Å². The van der Waals surface area contributed by atoms with Crippen molar-refractivity contribution in [1.29, 1.82) is 0 Å². The van der Waals surface area contributed by atoms with E-state index in [9.17, 15) is 19.5 Å². The van der Waals surface area contributed by atoms with E-state index in [4.69, 9.17) is 16.3 Å². The summed E-state index contributed by atoms with van der Waals surface area (Å²) in [4.78, 5) is 39.7. The number of carboxylic acids is 1. The molecule has 4 rings (SSSR count). The zero-order chi connectivity index (χ0) is 30.6. The third kappa shape index (κ3) is 8.80. The van der Waals surface area contributed by atoms with Crippen molar-refractivity contribution in [2.75, 3.05) is 23.4 Å². The number of amides is 1. The first-order chi connectivity index (χ1) is 20.9. The molecule has 0 saturated carbocycles. The van der Waals surface area contributed by atoms with Gasteiger partial charge in [-0.05, 0) is 60.5 Å². The summed E-state index contributed by atoms with van der Waals surface area (Å²) in [6.07, 6.45) is 2.81. The molecule has 0 aliphatic heterocycles. The van der Waals surface area contributed by atoms with E-state index in [0.717, 1.165) is 11.3 Å². The number of rotatable bonds is 15. The lowest BCUT2D eigenvalue weighted by molar-refractivity contribution is -0.137. The van der Waals surface area contributed by atoms with Crippen molar-refractivity contribution in [3.8, 4) is 5.75 Å². The molecule has 0 spiro atoms. The number of ketones is 1. The Kier molecular flexibility index (Phi) is 11.1. The quantitative estimate of drug-likeness (QED) is 0.113. The molecule has 43 heavy (non-hydrogen) atoms. The molecule has 4 aromatic rings. The average Bonchev–Trinajstić information content (AvgIpc) is 3.03. The van der Waals surface area contributed by atoms with Gasteiger partial charge in [0.2, 0.25) is 5.91 Å². The molecule has 0 fully saturated rings. The molecule has 0 radical (unpaired) electrons. The zero-order valence-corrected chi connectivity index (χ0v) is 24.4. The number of ether oxygens (including phenoxy) is 1. The summed E-state index contributed by atoms with van der Waals surface area (Å²) >= 11 is 6.02. The number of para-hydroxylation sites is 1. The van der Waals surface area contributed by atoms with Crippen molar-refractivity contribution in [3.05, 3.63) is 137 Å². The third-order valence-corrected chi connectivity index (χ3v) is 7.04. The minimum absolute atomic E-state index is 0.0413. The minimum atomic E-state index is -1.04. The predicted molar refractivity (Wildman–Crippen MR) is 170 cm³/mol. The van der Waals surface area contributed by atoms with Gasteiger partial charge in [0.25, 0.3) is 0 Å². The molecule has 2 N–H and O–H groups in total. The van der Waals surface area contributed by atoms with Gasteiger partial charge in [-0.1, -0.05) is 72.3 Å². The number of hydrogen-bond donors (Lipinski definition) is 2. The molecule has 0 aromatic heterocycles. The van der Waals surface area contributed by atoms with Crippen LogP contribution in [0, 0.1) is 0 Å². The Morgan fingerprint density at radius 3 is 2.26 bits per heavy atom. The second kappa shape index (κ2) is 15.4. The Hall–Kier alpha value is -4.88. The van der Waals surface area contributed by atoms with Crippen molar-refractivity contribution in [2.24, 2.45) is 0 Å². The van der Waals surface area contributed by atoms with Crippen LogP contribution in [0.25, 0.3) is 0 Å².